The van der Waals surface area contributed by atoms with Crippen LogP contribution in [0.5, 0.6) is 0 Å². The molecule has 4 aromatic rings. The molecule has 3 aromatic carbocycles. The molecule has 0 spiro atoms. The number of ketones is 2. The molecule has 5 rings (SSSR count). The Morgan fingerprint density at radius 1 is 0.929 bits per heavy atom. The highest BCUT2D eigenvalue weighted by Crippen LogP contribution is 2.31. The number of rotatable bonds is 8. The molecule has 1 aliphatic carbocycles. The van der Waals surface area contributed by atoms with Crippen LogP contribution in [0.15, 0.2) is 72.9 Å². The van der Waals surface area contributed by atoms with Crippen LogP contribution in [0.4, 0.5) is 18.9 Å². The molecule has 12 heteroatoms. The van der Waals surface area contributed by atoms with Gasteiger partial charge in [-0.15, -0.1) is 0 Å². The van der Waals surface area contributed by atoms with Gasteiger partial charge in [0.15, 0.2) is 11.6 Å². The fourth-order valence-electron chi connectivity index (χ4n) is 4.49. The van der Waals surface area contributed by atoms with Crippen LogP contribution in [0.25, 0.3) is 10.9 Å². The Hall–Kier alpha value is -4.97. The quantitative estimate of drug-likeness (QED) is 0.155. The predicted octanol–water partition coefficient (Wildman–Crippen LogP) is 4.49. The van der Waals surface area contributed by atoms with E-state index in [9.17, 15) is 27.6 Å². The number of nitrogens with two attached hydrogens (primary N) is 1. The normalized spacial score (nSPS) is 13.0. The maximum atomic E-state index is 13.1. The molecular weight excluding hydrogens is 555 g/mol. The number of aromatic nitrogens is 1. The molecule has 5 N–H and O–H groups in total. The van der Waals surface area contributed by atoms with Crippen LogP contribution in [0, 0.1) is 0 Å². The number of fused-ring (bicyclic) bond motifs is 3. The number of H-pyrrole nitrogens is 1. The highest BCUT2D eigenvalue weighted by atomic mass is 19.4. The van der Waals surface area contributed by atoms with Gasteiger partial charge >= 0.3 is 18.1 Å². The number of esters is 1. The number of hydrogen-bond acceptors (Lipinski definition) is 7. The predicted molar refractivity (Wildman–Crippen MR) is 147 cm³/mol. The number of ether oxygens (including phenoxy) is 1. The van der Waals surface area contributed by atoms with Crippen molar-refractivity contribution in [3.05, 3.63) is 101 Å². The Labute approximate surface area is 237 Å². The van der Waals surface area contributed by atoms with E-state index in [1.165, 1.54) is 0 Å². The first-order valence-corrected chi connectivity index (χ1v) is 12.8. The van der Waals surface area contributed by atoms with Gasteiger partial charge in [-0.3, -0.25) is 14.4 Å². The van der Waals surface area contributed by atoms with Crippen molar-refractivity contribution in [2.45, 2.75) is 25.1 Å². The smallest absolute Gasteiger partial charge is 0.475 e. The second-order valence-electron chi connectivity index (χ2n) is 9.35. The van der Waals surface area contributed by atoms with Gasteiger partial charge in [-0.05, 0) is 24.1 Å². The zero-order chi connectivity index (χ0) is 30.4. The third-order valence-electron chi connectivity index (χ3n) is 6.49. The van der Waals surface area contributed by atoms with E-state index in [1.807, 2.05) is 30.5 Å². The molecule has 0 aliphatic heterocycles. The molecule has 1 atom stereocenters. The largest absolute Gasteiger partial charge is 0.490 e. The van der Waals surface area contributed by atoms with Gasteiger partial charge in [0.05, 0.1) is 12.2 Å². The molecule has 1 aromatic heterocycles. The van der Waals surface area contributed by atoms with Gasteiger partial charge < -0.3 is 25.9 Å². The van der Waals surface area contributed by atoms with Crippen LogP contribution in [-0.4, -0.2) is 59.0 Å². The number of aliphatic carboxylic acids is 1. The summed E-state index contributed by atoms with van der Waals surface area (Å²) >= 11 is 0. The summed E-state index contributed by atoms with van der Waals surface area (Å²) in [5.41, 5.74) is 10.3. The minimum atomic E-state index is -5.08. The summed E-state index contributed by atoms with van der Waals surface area (Å²) in [6.07, 6.45) is -2.31. The van der Waals surface area contributed by atoms with Crippen LogP contribution in [0.2, 0.25) is 0 Å². The Bertz CT molecular complexity index is 1650. The SMILES string of the molecule is N[C@@H](Cc1c[nH]c2ccccc12)C(=O)OCCCNc1cccc2c1C(=O)c1ccccc1C2=O.O=C(O)C(F)(F)F. The molecule has 0 unspecified atom stereocenters. The van der Waals surface area contributed by atoms with Crippen molar-refractivity contribution in [2.75, 3.05) is 18.5 Å². The molecular formula is C30H26F3N3O6. The summed E-state index contributed by atoms with van der Waals surface area (Å²) in [5.74, 6) is -3.54. The number of aromatic amines is 1. The number of halogens is 3. The maximum Gasteiger partial charge on any atom is 0.490 e. The Morgan fingerprint density at radius 3 is 2.24 bits per heavy atom. The van der Waals surface area contributed by atoms with Crippen LogP contribution in [0.3, 0.4) is 0 Å². The minimum absolute atomic E-state index is 0.156. The lowest BCUT2D eigenvalue weighted by atomic mass is 9.83. The van der Waals surface area contributed by atoms with E-state index in [1.54, 1.807) is 42.5 Å². The van der Waals surface area contributed by atoms with Crippen molar-refractivity contribution in [3.63, 3.8) is 0 Å². The van der Waals surface area contributed by atoms with E-state index < -0.39 is 24.2 Å². The van der Waals surface area contributed by atoms with E-state index in [-0.39, 0.29) is 18.2 Å². The summed E-state index contributed by atoms with van der Waals surface area (Å²) in [4.78, 5) is 50.4. The van der Waals surface area contributed by atoms with E-state index in [0.29, 0.717) is 47.3 Å². The van der Waals surface area contributed by atoms with Crippen molar-refractivity contribution >= 4 is 40.1 Å². The summed E-state index contributed by atoms with van der Waals surface area (Å²) < 4.78 is 37.1. The lowest BCUT2D eigenvalue weighted by Gasteiger charge is -2.20. The molecule has 0 saturated carbocycles. The standard InChI is InChI=1S/C28H25N3O4.C2HF3O2/c29-22(15-17-16-31-23-11-4-3-7-18(17)23)28(34)35-14-6-13-30-24-12-5-10-21-25(24)27(33)20-9-2-1-8-19(20)26(21)32;3-2(4,5)1(6)7/h1-5,7-12,16,22,30-31H,6,13-15,29H2;(H,6,7)/t22-;/m0./s1. The molecule has 42 heavy (non-hydrogen) atoms. The first kappa shape index (κ1) is 30.0. The highest BCUT2D eigenvalue weighted by molar-refractivity contribution is 6.30. The second kappa shape index (κ2) is 12.7. The van der Waals surface area contributed by atoms with E-state index in [0.717, 1.165) is 16.5 Å². The number of carboxylic acid groups (broad SMARTS) is 1. The fraction of sp³-hybridized carbons (Fsp3) is 0.200. The minimum Gasteiger partial charge on any atom is -0.475 e. The van der Waals surface area contributed by atoms with Crippen LogP contribution >= 0.6 is 0 Å². The third kappa shape index (κ3) is 6.66. The zero-order valence-electron chi connectivity index (χ0n) is 22.0. The van der Waals surface area contributed by atoms with Crippen molar-refractivity contribution in [3.8, 4) is 0 Å². The first-order valence-electron chi connectivity index (χ1n) is 12.8. The van der Waals surface area contributed by atoms with E-state index >= 15 is 0 Å². The number of anilines is 1. The Morgan fingerprint density at radius 2 is 1.55 bits per heavy atom. The number of carboxylic acids is 1. The van der Waals surface area contributed by atoms with Gasteiger partial charge in [0.2, 0.25) is 0 Å². The number of para-hydroxylation sites is 1. The summed E-state index contributed by atoms with van der Waals surface area (Å²) in [5, 5.41) is 11.4. The molecule has 1 aliphatic rings. The van der Waals surface area contributed by atoms with Crippen molar-refractivity contribution in [2.24, 2.45) is 5.73 Å². The topological polar surface area (TPSA) is 152 Å². The fourth-order valence-corrected chi connectivity index (χ4v) is 4.49. The third-order valence-corrected chi connectivity index (χ3v) is 6.49. The summed E-state index contributed by atoms with van der Waals surface area (Å²) in [6, 6.07) is 19.2. The Kier molecular flexibility index (Phi) is 9.06. The lowest BCUT2D eigenvalue weighted by molar-refractivity contribution is -0.192. The summed E-state index contributed by atoms with van der Waals surface area (Å²) in [6.45, 7) is 0.655. The number of benzene rings is 3. The molecule has 0 bridgehead atoms. The van der Waals surface area contributed by atoms with E-state index in [4.69, 9.17) is 20.4 Å². The van der Waals surface area contributed by atoms with Gasteiger partial charge in [0.25, 0.3) is 0 Å². The van der Waals surface area contributed by atoms with Crippen molar-refractivity contribution in [1.29, 1.82) is 0 Å². The number of nitrogens with one attached hydrogen (secondary N) is 2. The average molecular weight is 582 g/mol. The molecule has 218 valence electrons. The van der Waals surface area contributed by atoms with Crippen LogP contribution < -0.4 is 11.1 Å². The lowest BCUT2D eigenvalue weighted by Crippen LogP contribution is -2.34. The maximum absolute atomic E-state index is 13.1. The number of carbonyl (C=O) groups is 4. The highest BCUT2D eigenvalue weighted by Gasteiger charge is 2.38. The molecule has 9 nitrogen and oxygen atoms in total. The molecule has 0 saturated heterocycles. The number of hydrogen-bond donors (Lipinski definition) is 4. The van der Waals surface area contributed by atoms with Gasteiger partial charge in [-0.2, -0.15) is 13.2 Å². The van der Waals surface area contributed by atoms with E-state index in [2.05, 4.69) is 10.3 Å². The van der Waals surface area contributed by atoms with Gasteiger partial charge in [-0.25, -0.2) is 4.79 Å². The molecule has 0 radical (unpaired) electrons. The zero-order valence-corrected chi connectivity index (χ0v) is 22.0. The second-order valence-corrected chi connectivity index (χ2v) is 9.35. The monoisotopic (exact) mass is 581 g/mol. The summed E-state index contributed by atoms with van der Waals surface area (Å²) in [7, 11) is 0. The molecule has 0 amide bonds. The Balaban J connectivity index is 0.000000517. The molecule has 1 heterocycles. The number of alkyl halides is 3. The van der Waals surface area contributed by atoms with Crippen molar-refractivity contribution in [1.82, 2.24) is 4.98 Å². The van der Waals surface area contributed by atoms with Crippen LogP contribution in [-0.2, 0) is 20.7 Å². The van der Waals surface area contributed by atoms with Crippen molar-refractivity contribution < 1.29 is 42.2 Å². The van der Waals surface area contributed by atoms with Crippen LogP contribution in [0.1, 0.15) is 43.8 Å². The van der Waals surface area contributed by atoms with Gasteiger partial charge in [0.1, 0.15) is 6.04 Å². The number of carbonyl (C=O) groups excluding carboxylic acids is 3. The average Bonchev–Trinajstić information content (AvgIpc) is 3.38. The first-order chi connectivity index (χ1) is 20.0. The van der Waals surface area contributed by atoms with Gasteiger partial charge in [-0.1, -0.05) is 54.6 Å². The van der Waals surface area contributed by atoms with Gasteiger partial charge in [0, 0.05) is 52.4 Å². The molecule has 0 fully saturated rings.